The lowest BCUT2D eigenvalue weighted by molar-refractivity contribution is -0.144. The van der Waals surface area contributed by atoms with Gasteiger partial charge in [-0.2, -0.15) is 0 Å². The standard InChI is InChI=1S/C50H65N9O14S/c1-26(61)39-47(70)53-34(22-31-16-18-32(64)19-17-31)43(66)54-36(23-30-13-8-5-9-14-30)50(73)74-25-37(45(68)56-40(27(2)62)48(71)57-39)55-46(69)38-15-10-20-59(38)49(72)41(28(3)63)58-44(67)35(52-42(65)33(51)24-60)21-29-11-6-4-7-12-29/h4-9,11-14,16-19,26-28,33-41,60-64H,10,15,20-25,51H2,1-3H3,(H,52,65)(H,53,70)(H,54,66)(H,55,69)(H,56,68)(H,57,71)(H,58,67)/t26-,27-,28-,33+,34+,35+,36+,37+,38+,39+,40+,41+/m1/s1. The molecular formula is C50H65N9O14S. The Balaban J connectivity index is 1.44. The molecule has 400 valence electrons. The van der Waals surface area contributed by atoms with Crippen molar-refractivity contribution >= 4 is 64.1 Å². The van der Waals surface area contributed by atoms with Gasteiger partial charge in [0.25, 0.3) is 0 Å². The van der Waals surface area contributed by atoms with Gasteiger partial charge in [0.15, 0.2) is 0 Å². The Bertz CT molecular complexity index is 2450. The molecule has 74 heavy (non-hydrogen) atoms. The van der Waals surface area contributed by atoms with Crippen LogP contribution in [0.25, 0.3) is 0 Å². The van der Waals surface area contributed by atoms with E-state index in [0.717, 1.165) is 11.8 Å². The second kappa shape index (κ2) is 27.4. The number of phenolic OH excluding ortho intramolecular Hbond substituents is 1. The second-order valence-corrected chi connectivity index (χ2v) is 19.3. The summed E-state index contributed by atoms with van der Waals surface area (Å²) in [4.78, 5) is 127. The number of aromatic hydroxyl groups is 1. The zero-order valence-electron chi connectivity index (χ0n) is 41.0. The molecule has 5 rings (SSSR count). The van der Waals surface area contributed by atoms with Crippen molar-refractivity contribution < 1.29 is 68.7 Å². The molecule has 0 bridgehead atoms. The van der Waals surface area contributed by atoms with Crippen molar-refractivity contribution in [2.24, 2.45) is 5.73 Å². The van der Waals surface area contributed by atoms with E-state index >= 15 is 0 Å². The van der Waals surface area contributed by atoms with Gasteiger partial charge in [-0.05, 0) is 62.4 Å². The van der Waals surface area contributed by atoms with Crippen LogP contribution in [0, 0.1) is 0 Å². The number of phenols is 1. The zero-order chi connectivity index (χ0) is 54.2. The first-order chi connectivity index (χ1) is 35.2. The van der Waals surface area contributed by atoms with Crippen LogP contribution >= 0.6 is 11.8 Å². The molecular weight excluding hydrogens is 983 g/mol. The van der Waals surface area contributed by atoms with E-state index in [9.17, 15) is 68.7 Å². The summed E-state index contributed by atoms with van der Waals surface area (Å²) >= 11 is 0.540. The molecule has 0 aliphatic carbocycles. The maximum Gasteiger partial charge on any atom is 0.248 e. The van der Waals surface area contributed by atoms with Crippen LogP contribution in [0.3, 0.4) is 0 Å². The number of hydrogen-bond donors (Lipinski definition) is 13. The Morgan fingerprint density at radius 3 is 1.82 bits per heavy atom. The number of rotatable bonds is 17. The van der Waals surface area contributed by atoms with Gasteiger partial charge < -0.3 is 73.4 Å². The summed E-state index contributed by atoms with van der Waals surface area (Å²) in [6, 6.07) is 9.08. The van der Waals surface area contributed by atoms with Gasteiger partial charge in [0, 0.05) is 31.6 Å². The molecule has 2 aliphatic heterocycles. The molecule has 8 amide bonds. The van der Waals surface area contributed by atoms with E-state index < -0.39 is 137 Å². The number of thioether (sulfide) groups is 1. The molecule has 3 aromatic rings. The van der Waals surface area contributed by atoms with Gasteiger partial charge in [0.05, 0.1) is 24.9 Å². The zero-order valence-corrected chi connectivity index (χ0v) is 41.8. The van der Waals surface area contributed by atoms with Crippen LogP contribution in [0.2, 0.25) is 0 Å². The smallest absolute Gasteiger partial charge is 0.248 e. The third kappa shape index (κ3) is 16.3. The third-order valence-electron chi connectivity index (χ3n) is 12.4. The van der Waals surface area contributed by atoms with Crippen molar-refractivity contribution in [2.75, 3.05) is 18.9 Å². The highest BCUT2D eigenvalue weighted by Gasteiger charge is 2.42. The molecule has 3 aromatic carbocycles. The van der Waals surface area contributed by atoms with Crippen LogP contribution in [0.4, 0.5) is 0 Å². The molecule has 12 atom stereocenters. The van der Waals surface area contributed by atoms with Gasteiger partial charge in [-0.3, -0.25) is 43.2 Å². The molecule has 24 heteroatoms. The summed E-state index contributed by atoms with van der Waals surface area (Å²) in [6.07, 6.45) is -4.89. The lowest BCUT2D eigenvalue weighted by Gasteiger charge is -2.32. The number of nitrogens with zero attached hydrogens (tertiary/aromatic N) is 1. The van der Waals surface area contributed by atoms with Gasteiger partial charge in [-0.15, -0.1) is 0 Å². The third-order valence-corrected chi connectivity index (χ3v) is 13.4. The molecule has 0 aromatic heterocycles. The Labute approximate surface area is 431 Å². The van der Waals surface area contributed by atoms with Gasteiger partial charge in [-0.25, -0.2) is 0 Å². The number of amides is 8. The average molecular weight is 1050 g/mol. The highest BCUT2D eigenvalue weighted by atomic mass is 32.2. The SMILES string of the molecule is C[C@@H](O)[C@@H]1NC(=O)[C@@H](NC(=O)[C@@H]2CCCN2C(=O)[C@@H](NC(=O)[C@H](Cc2ccccc2)NC(=O)[C@@H](N)CO)[C@@H](C)O)CSC(=O)[C@H](Cc2ccccc2)NC(=O)[C@H](Cc2ccc(O)cc2)NC(=O)[C@H]([C@@H](C)O)NC1=O. The fraction of sp³-hybridized carbons (Fsp3) is 0.460. The van der Waals surface area contributed by atoms with Crippen molar-refractivity contribution in [3.63, 3.8) is 0 Å². The van der Waals surface area contributed by atoms with Crippen LogP contribution in [0.15, 0.2) is 84.9 Å². The van der Waals surface area contributed by atoms with Gasteiger partial charge in [0.1, 0.15) is 60.1 Å². The summed E-state index contributed by atoms with van der Waals surface area (Å²) in [7, 11) is 0. The predicted molar refractivity (Wildman–Crippen MR) is 268 cm³/mol. The number of aliphatic hydroxyl groups excluding tert-OH is 4. The van der Waals surface area contributed by atoms with Crippen molar-refractivity contribution in [3.05, 3.63) is 102 Å². The molecule has 23 nitrogen and oxygen atoms in total. The Hall–Kier alpha value is -6.96. The number of carbonyl (C=O) groups excluding carboxylic acids is 9. The van der Waals surface area contributed by atoms with E-state index in [1.165, 1.54) is 38.1 Å². The number of hydrogen-bond acceptors (Lipinski definition) is 16. The fourth-order valence-electron chi connectivity index (χ4n) is 8.22. The number of nitrogens with one attached hydrogen (secondary N) is 7. The summed E-state index contributed by atoms with van der Waals surface area (Å²) in [5.74, 6) is -8.34. The van der Waals surface area contributed by atoms with Crippen molar-refractivity contribution in [2.45, 2.75) is 126 Å². The number of likely N-dealkylation sites (tertiary alicyclic amines) is 1. The summed E-state index contributed by atoms with van der Waals surface area (Å²) in [6.45, 7) is 2.78. The largest absolute Gasteiger partial charge is 0.508 e. The van der Waals surface area contributed by atoms with Crippen LogP contribution < -0.4 is 43.0 Å². The van der Waals surface area contributed by atoms with E-state index in [4.69, 9.17) is 5.73 Å². The fourth-order valence-corrected chi connectivity index (χ4v) is 9.13. The molecule has 0 radical (unpaired) electrons. The maximum absolute atomic E-state index is 14.4. The van der Waals surface area contributed by atoms with Crippen LogP contribution in [0.1, 0.15) is 50.3 Å². The highest BCUT2D eigenvalue weighted by molar-refractivity contribution is 8.13. The maximum atomic E-state index is 14.4. The highest BCUT2D eigenvalue weighted by Crippen LogP contribution is 2.22. The summed E-state index contributed by atoms with van der Waals surface area (Å²) in [5.41, 5.74) is 7.39. The van der Waals surface area contributed by atoms with Crippen LogP contribution in [-0.2, 0) is 62.4 Å². The number of carbonyl (C=O) groups is 9. The minimum Gasteiger partial charge on any atom is -0.508 e. The Morgan fingerprint density at radius 1 is 0.703 bits per heavy atom. The summed E-state index contributed by atoms with van der Waals surface area (Å²) < 4.78 is 0. The molecule has 0 spiro atoms. The van der Waals surface area contributed by atoms with Crippen molar-refractivity contribution in [1.82, 2.24) is 42.1 Å². The monoisotopic (exact) mass is 1050 g/mol. The van der Waals surface area contributed by atoms with Gasteiger partial charge >= 0.3 is 0 Å². The molecule has 0 unspecified atom stereocenters. The molecule has 2 saturated heterocycles. The first kappa shape index (κ1) is 57.9. The van der Waals surface area contributed by atoms with Gasteiger partial charge in [-0.1, -0.05) is 84.6 Å². The minimum absolute atomic E-state index is 0.0300. The second-order valence-electron chi connectivity index (χ2n) is 18.3. The Morgan fingerprint density at radius 2 is 1.24 bits per heavy atom. The van der Waals surface area contributed by atoms with E-state index in [-0.39, 0.29) is 44.4 Å². The Kier molecular flexibility index (Phi) is 21.4. The normalized spacial score (nSPS) is 23.6. The van der Waals surface area contributed by atoms with Crippen LogP contribution in [0.5, 0.6) is 5.75 Å². The molecule has 2 aliphatic rings. The lowest BCUT2D eigenvalue weighted by atomic mass is 10.0. The number of aliphatic hydroxyl groups is 4. The molecule has 2 fully saturated rings. The first-order valence-electron chi connectivity index (χ1n) is 24.0. The molecule has 0 saturated carbocycles. The number of nitrogens with two attached hydrogens (primary N) is 1. The lowest BCUT2D eigenvalue weighted by Crippen LogP contribution is -2.64. The molecule has 14 N–H and O–H groups in total. The van der Waals surface area contributed by atoms with E-state index in [2.05, 4.69) is 37.2 Å². The topological polar surface area (TPSA) is 368 Å². The van der Waals surface area contributed by atoms with E-state index in [1.54, 1.807) is 60.7 Å². The minimum atomic E-state index is -1.83. The summed E-state index contributed by atoms with van der Waals surface area (Å²) in [5, 5.41) is 68.6. The first-order valence-corrected chi connectivity index (χ1v) is 25.0. The van der Waals surface area contributed by atoms with Gasteiger partial charge in [0.2, 0.25) is 52.4 Å². The van der Waals surface area contributed by atoms with Crippen molar-refractivity contribution in [3.8, 4) is 5.75 Å². The van der Waals surface area contributed by atoms with Crippen molar-refractivity contribution in [1.29, 1.82) is 0 Å². The van der Waals surface area contributed by atoms with Crippen LogP contribution in [-0.4, -0.2) is 174 Å². The van der Waals surface area contributed by atoms with E-state index in [1.807, 2.05) is 0 Å². The quantitative estimate of drug-likeness (QED) is 0.0625. The van der Waals surface area contributed by atoms with E-state index in [0.29, 0.717) is 28.5 Å². The molecule has 2 heterocycles. The predicted octanol–water partition coefficient (Wildman–Crippen LogP) is -3.46. The number of benzene rings is 3. The average Bonchev–Trinajstić information content (AvgIpc) is 3.87.